The van der Waals surface area contributed by atoms with E-state index in [0.717, 1.165) is 0 Å². The van der Waals surface area contributed by atoms with Crippen LogP contribution in [0.15, 0.2) is 47.6 Å². The summed E-state index contributed by atoms with van der Waals surface area (Å²) in [5.74, 6) is -1.37. The van der Waals surface area contributed by atoms with Crippen molar-refractivity contribution in [2.45, 2.75) is 0 Å². The van der Waals surface area contributed by atoms with Gasteiger partial charge in [0.25, 0.3) is 11.6 Å². The molecule has 118 valence electrons. The number of anilines is 1. The molecular formula is C15H13FN4O3. The summed E-state index contributed by atoms with van der Waals surface area (Å²) in [5, 5.41) is 17.3. The van der Waals surface area contributed by atoms with Gasteiger partial charge in [-0.25, -0.2) is 9.82 Å². The number of hydrazone groups is 1. The summed E-state index contributed by atoms with van der Waals surface area (Å²) in [6, 6.07) is 9.92. The third-order valence-corrected chi connectivity index (χ3v) is 2.99. The van der Waals surface area contributed by atoms with Crippen LogP contribution in [0.25, 0.3) is 0 Å². The molecule has 0 radical (unpaired) electrons. The van der Waals surface area contributed by atoms with E-state index in [1.807, 2.05) is 0 Å². The molecule has 0 bridgehead atoms. The molecule has 8 heteroatoms. The van der Waals surface area contributed by atoms with Gasteiger partial charge in [0.2, 0.25) is 0 Å². The van der Waals surface area contributed by atoms with E-state index in [0.29, 0.717) is 11.3 Å². The van der Waals surface area contributed by atoms with Crippen molar-refractivity contribution in [1.29, 1.82) is 0 Å². The number of nitrogens with one attached hydrogen (secondary N) is 2. The summed E-state index contributed by atoms with van der Waals surface area (Å²) in [4.78, 5) is 22.2. The van der Waals surface area contributed by atoms with Crippen LogP contribution in [0.1, 0.15) is 15.9 Å². The van der Waals surface area contributed by atoms with Crippen LogP contribution in [0.2, 0.25) is 0 Å². The number of halogens is 1. The van der Waals surface area contributed by atoms with Gasteiger partial charge < -0.3 is 5.32 Å². The van der Waals surface area contributed by atoms with Crippen LogP contribution in [0, 0.1) is 15.9 Å². The molecule has 0 unspecified atom stereocenters. The van der Waals surface area contributed by atoms with E-state index in [9.17, 15) is 19.3 Å². The van der Waals surface area contributed by atoms with Gasteiger partial charge in [0.1, 0.15) is 11.5 Å². The molecule has 2 aromatic rings. The fourth-order valence-corrected chi connectivity index (χ4v) is 1.86. The Labute approximate surface area is 131 Å². The zero-order valence-corrected chi connectivity index (χ0v) is 12.1. The summed E-state index contributed by atoms with van der Waals surface area (Å²) in [6.07, 6.45) is 1.24. The first kappa shape index (κ1) is 16.1. The number of nitro groups is 1. The van der Waals surface area contributed by atoms with Crippen molar-refractivity contribution >= 4 is 23.5 Å². The average Bonchev–Trinajstić information content (AvgIpc) is 2.55. The minimum absolute atomic E-state index is 0.114. The number of nitro benzene ring substituents is 1. The van der Waals surface area contributed by atoms with Gasteiger partial charge in [-0.15, -0.1) is 0 Å². The first-order valence-corrected chi connectivity index (χ1v) is 6.57. The van der Waals surface area contributed by atoms with Crippen LogP contribution in [0.3, 0.4) is 0 Å². The number of amides is 1. The van der Waals surface area contributed by atoms with Crippen LogP contribution >= 0.6 is 0 Å². The number of hydrogen-bond donors (Lipinski definition) is 2. The van der Waals surface area contributed by atoms with E-state index in [1.54, 1.807) is 13.1 Å². The van der Waals surface area contributed by atoms with Crippen LogP contribution in [0.4, 0.5) is 15.8 Å². The Bertz CT molecular complexity index is 777. The summed E-state index contributed by atoms with van der Waals surface area (Å²) < 4.78 is 13.4. The van der Waals surface area contributed by atoms with Crippen LogP contribution in [0.5, 0.6) is 0 Å². The van der Waals surface area contributed by atoms with E-state index in [-0.39, 0.29) is 11.3 Å². The molecule has 0 fully saturated rings. The maximum Gasteiger partial charge on any atom is 0.292 e. The second kappa shape index (κ2) is 7.12. The van der Waals surface area contributed by atoms with Gasteiger partial charge in [-0.05, 0) is 18.2 Å². The number of carbonyl (C=O) groups is 1. The maximum atomic E-state index is 13.4. The Morgan fingerprint density at radius 3 is 2.70 bits per heavy atom. The van der Waals surface area contributed by atoms with Gasteiger partial charge in [0.05, 0.1) is 16.7 Å². The van der Waals surface area contributed by atoms with Crippen molar-refractivity contribution in [3.8, 4) is 0 Å². The molecule has 2 N–H and O–H groups in total. The lowest BCUT2D eigenvalue weighted by Gasteiger charge is -2.03. The van der Waals surface area contributed by atoms with Crippen LogP contribution in [-0.4, -0.2) is 24.1 Å². The summed E-state index contributed by atoms with van der Waals surface area (Å²) >= 11 is 0. The fraction of sp³-hybridized carbons (Fsp3) is 0.0667. The predicted molar refractivity (Wildman–Crippen MR) is 84.1 cm³/mol. The molecule has 0 aliphatic heterocycles. The Hall–Kier alpha value is -3.29. The molecule has 0 aliphatic carbocycles. The monoisotopic (exact) mass is 316 g/mol. The molecule has 2 aromatic carbocycles. The first-order valence-electron chi connectivity index (χ1n) is 6.57. The number of benzene rings is 2. The summed E-state index contributed by atoms with van der Waals surface area (Å²) in [5.41, 5.74) is 2.70. The number of nitrogens with zero attached hydrogens (tertiary/aromatic N) is 2. The highest BCUT2D eigenvalue weighted by Crippen LogP contribution is 2.24. The number of rotatable bonds is 5. The second-order valence-corrected chi connectivity index (χ2v) is 4.46. The van der Waals surface area contributed by atoms with Crippen LogP contribution in [-0.2, 0) is 0 Å². The molecule has 0 aliphatic rings. The topological polar surface area (TPSA) is 96.6 Å². The van der Waals surface area contributed by atoms with Crippen LogP contribution < -0.4 is 10.7 Å². The van der Waals surface area contributed by atoms with E-state index < -0.39 is 16.6 Å². The highest BCUT2D eigenvalue weighted by atomic mass is 19.1. The smallest absolute Gasteiger partial charge is 0.292 e. The van der Waals surface area contributed by atoms with E-state index >= 15 is 0 Å². The van der Waals surface area contributed by atoms with Crippen molar-refractivity contribution in [1.82, 2.24) is 5.43 Å². The second-order valence-electron chi connectivity index (χ2n) is 4.46. The normalized spacial score (nSPS) is 10.5. The largest absolute Gasteiger partial charge is 0.383 e. The van der Waals surface area contributed by atoms with Crippen molar-refractivity contribution in [3.63, 3.8) is 0 Å². The standard InChI is InChI=1S/C15H13FN4O3/c1-17-13-7-6-10(8-14(13)20(22)23)9-18-19-15(21)11-4-2-3-5-12(11)16/h2-9,17H,1H3,(H,19,21)/b18-9+. The Kier molecular flexibility index (Phi) is 4.98. The van der Waals surface area contributed by atoms with E-state index in [4.69, 9.17) is 0 Å². The molecule has 0 atom stereocenters. The minimum Gasteiger partial charge on any atom is -0.383 e. The molecule has 23 heavy (non-hydrogen) atoms. The van der Waals surface area contributed by atoms with Gasteiger partial charge in [-0.3, -0.25) is 14.9 Å². The van der Waals surface area contributed by atoms with E-state index in [2.05, 4.69) is 15.8 Å². The summed E-state index contributed by atoms with van der Waals surface area (Å²) in [6.45, 7) is 0. The molecule has 0 spiro atoms. The lowest BCUT2D eigenvalue weighted by atomic mass is 10.2. The van der Waals surface area contributed by atoms with Crippen molar-refractivity contribution < 1.29 is 14.1 Å². The van der Waals surface area contributed by atoms with Gasteiger partial charge in [-0.1, -0.05) is 18.2 Å². The first-order chi connectivity index (χ1) is 11.0. The predicted octanol–water partition coefficient (Wildman–Crippen LogP) is 2.54. The quantitative estimate of drug-likeness (QED) is 0.503. The highest BCUT2D eigenvalue weighted by molar-refractivity contribution is 5.95. The zero-order chi connectivity index (χ0) is 16.8. The molecule has 0 saturated carbocycles. The van der Waals surface area contributed by atoms with E-state index in [1.165, 1.54) is 42.6 Å². The van der Waals surface area contributed by atoms with Gasteiger partial charge in [-0.2, -0.15) is 5.10 Å². The summed E-state index contributed by atoms with van der Waals surface area (Å²) in [7, 11) is 1.57. The molecule has 7 nitrogen and oxygen atoms in total. The molecule has 0 saturated heterocycles. The Balaban J connectivity index is 2.12. The van der Waals surface area contributed by atoms with Crippen molar-refractivity contribution in [3.05, 3.63) is 69.5 Å². The third kappa shape index (κ3) is 3.88. The van der Waals surface area contributed by atoms with Gasteiger partial charge in [0.15, 0.2) is 0 Å². The number of carbonyl (C=O) groups excluding carboxylic acids is 1. The maximum absolute atomic E-state index is 13.4. The Morgan fingerprint density at radius 2 is 2.04 bits per heavy atom. The zero-order valence-electron chi connectivity index (χ0n) is 12.1. The molecule has 1 amide bonds. The Morgan fingerprint density at radius 1 is 1.30 bits per heavy atom. The third-order valence-electron chi connectivity index (χ3n) is 2.99. The van der Waals surface area contributed by atoms with Gasteiger partial charge in [0, 0.05) is 18.7 Å². The fourth-order valence-electron chi connectivity index (χ4n) is 1.86. The number of hydrogen-bond acceptors (Lipinski definition) is 5. The van der Waals surface area contributed by atoms with Crippen molar-refractivity contribution in [2.24, 2.45) is 5.10 Å². The lowest BCUT2D eigenvalue weighted by molar-refractivity contribution is -0.383. The van der Waals surface area contributed by atoms with Crippen molar-refractivity contribution in [2.75, 3.05) is 12.4 Å². The molecule has 2 rings (SSSR count). The molecular weight excluding hydrogens is 303 g/mol. The molecule has 0 aromatic heterocycles. The average molecular weight is 316 g/mol. The minimum atomic E-state index is -0.708. The lowest BCUT2D eigenvalue weighted by Crippen LogP contribution is -2.18. The van der Waals surface area contributed by atoms with Gasteiger partial charge >= 0.3 is 0 Å². The highest BCUT2D eigenvalue weighted by Gasteiger charge is 2.13. The molecule has 0 heterocycles. The SMILES string of the molecule is CNc1ccc(/C=N/NC(=O)c2ccccc2F)cc1[N+](=O)[O-].